The molecule has 2 rings (SSSR count). The summed E-state index contributed by atoms with van der Waals surface area (Å²) in [6, 6.07) is 3.16. The fourth-order valence-corrected chi connectivity index (χ4v) is 1.47. The van der Waals surface area contributed by atoms with Crippen LogP contribution in [0.5, 0.6) is 0 Å². The largest absolute Gasteiger partial charge is 0.477 e. The highest BCUT2D eigenvalue weighted by atomic mass is 19.1. The zero-order valence-electron chi connectivity index (χ0n) is 9.60. The van der Waals surface area contributed by atoms with Crippen LogP contribution in [0.3, 0.4) is 0 Å². The Morgan fingerprint density at radius 2 is 2.16 bits per heavy atom. The second-order valence-corrected chi connectivity index (χ2v) is 3.68. The molecule has 0 saturated heterocycles. The number of benzene rings is 1. The molecule has 0 bridgehead atoms. The van der Waals surface area contributed by atoms with Gasteiger partial charge in [0, 0.05) is 24.4 Å². The topological polar surface area (TPSA) is 75.1 Å². The molecule has 0 atom stereocenters. The molecule has 7 heteroatoms. The second-order valence-electron chi connectivity index (χ2n) is 3.68. The molecule has 0 aliphatic heterocycles. The fourth-order valence-electron chi connectivity index (χ4n) is 1.47. The highest BCUT2D eigenvalue weighted by Gasteiger charge is 2.11. The van der Waals surface area contributed by atoms with Crippen LogP contribution in [0.25, 0.3) is 0 Å². The Morgan fingerprint density at radius 3 is 2.84 bits per heavy atom. The van der Waals surface area contributed by atoms with Crippen molar-refractivity contribution in [3.8, 4) is 0 Å². The molecule has 5 nitrogen and oxygen atoms in total. The van der Waals surface area contributed by atoms with Crippen molar-refractivity contribution in [2.24, 2.45) is 0 Å². The van der Waals surface area contributed by atoms with Crippen molar-refractivity contribution in [2.45, 2.75) is 6.54 Å². The van der Waals surface area contributed by atoms with Gasteiger partial charge in [-0.05, 0) is 6.07 Å². The molecule has 0 aliphatic rings. The Morgan fingerprint density at radius 1 is 1.37 bits per heavy atom. The molecule has 98 valence electrons. The zero-order valence-corrected chi connectivity index (χ0v) is 9.60. The third-order valence-corrected chi connectivity index (χ3v) is 2.40. The summed E-state index contributed by atoms with van der Waals surface area (Å²) < 4.78 is 26.1. The summed E-state index contributed by atoms with van der Waals surface area (Å²) in [5.74, 6) is -2.50. The van der Waals surface area contributed by atoms with Crippen molar-refractivity contribution in [1.29, 1.82) is 0 Å². The van der Waals surface area contributed by atoms with Crippen molar-refractivity contribution in [2.75, 3.05) is 5.32 Å². The average Bonchev–Trinajstić information content (AvgIpc) is 2.38. The SMILES string of the molecule is O=C(O)c1cncnc1NCc1ccc(F)cc1F. The fraction of sp³-hybridized carbons (Fsp3) is 0.0833. The molecular weight excluding hydrogens is 256 g/mol. The predicted octanol–water partition coefficient (Wildman–Crippen LogP) is 2.07. The molecule has 0 spiro atoms. The smallest absolute Gasteiger partial charge is 0.341 e. The summed E-state index contributed by atoms with van der Waals surface area (Å²) >= 11 is 0. The third kappa shape index (κ3) is 3.01. The number of aromatic carboxylic acids is 1. The minimum Gasteiger partial charge on any atom is -0.477 e. The van der Waals surface area contributed by atoms with E-state index < -0.39 is 17.6 Å². The van der Waals surface area contributed by atoms with Crippen molar-refractivity contribution in [3.63, 3.8) is 0 Å². The van der Waals surface area contributed by atoms with Gasteiger partial charge in [0.05, 0.1) is 0 Å². The van der Waals surface area contributed by atoms with E-state index in [9.17, 15) is 13.6 Å². The maximum absolute atomic E-state index is 13.4. The van der Waals surface area contributed by atoms with E-state index in [-0.39, 0.29) is 23.5 Å². The van der Waals surface area contributed by atoms with Gasteiger partial charge in [-0.15, -0.1) is 0 Å². The van der Waals surface area contributed by atoms with E-state index in [2.05, 4.69) is 15.3 Å². The first kappa shape index (κ1) is 12.9. The van der Waals surface area contributed by atoms with Gasteiger partial charge in [0.15, 0.2) is 0 Å². The molecule has 0 fully saturated rings. The van der Waals surface area contributed by atoms with Crippen LogP contribution in [-0.2, 0) is 6.54 Å². The molecular formula is C12H9F2N3O2. The number of nitrogens with one attached hydrogen (secondary N) is 1. The average molecular weight is 265 g/mol. The van der Waals surface area contributed by atoms with Gasteiger partial charge in [-0.1, -0.05) is 6.07 Å². The number of anilines is 1. The quantitative estimate of drug-likeness (QED) is 0.885. The summed E-state index contributed by atoms with van der Waals surface area (Å²) in [6.07, 6.45) is 2.31. The Bertz CT molecular complexity index is 620. The maximum Gasteiger partial charge on any atom is 0.341 e. The first-order valence-corrected chi connectivity index (χ1v) is 5.29. The lowest BCUT2D eigenvalue weighted by atomic mass is 10.2. The van der Waals surface area contributed by atoms with Gasteiger partial charge in [0.25, 0.3) is 0 Å². The Balaban J connectivity index is 2.17. The number of rotatable bonds is 4. The maximum atomic E-state index is 13.4. The van der Waals surface area contributed by atoms with Gasteiger partial charge >= 0.3 is 5.97 Å². The van der Waals surface area contributed by atoms with Crippen molar-refractivity contribution < 1.29 is 18.7 Å². The molecule has 0 amide bonds. The van der Waals surface area contributed by atoms with Gasteiger partial charge in [-0.2, -0.15) is 0 Å². The highest BCUT2D eigenvalue weighted by molar-refractivity contribution is 5.92. The van der Waals surface area contributed by atoms with Crippen LogP contribution in [0.4, 0.5) is 14.6 Å². The van der Waals surface area contributed by atoms with E-state index in [1.165, 1.54) is 12.4 Å². The van der Waals surface area contributed by atoms with Crippen LogP contribution < -0.4 is 5.32 Å². The van der Waals surface area contributed by atoms with Crippen LogP contribution in [0.15, 0.2) is 30.7 Å². The third-order valence-electron chi connectivity index (χ3n) is 2.40. The number of hydrogen-bond donors (Lipinski definition) is 2. The van der Waals surface area contributed by atoms with E-state index in [4.69, 9.17) is 5.11 Å². The minimum absolute atomic E-state index is 0.0105. The van der Waals surface area contributed by atoms with E-state index in [1.807, 2.05) is 0 Å². The number of carbonyl (C=O) groups is 1. The predicted molar refractivity (Wildman–Crippen MR) is 62.7 cm³/mol. The molecule has 1 heterocycles. The Labute approximate surface area is 106 Å². The number of halogens is 2. The zero-order chi connectivity index (χ0) is 13.8. The molecule has 19 heavy (non-hydrogen) atoms. The highest BCUT2D eigenvalue weighted by Crippen LogP contribution is 2.14. The molecule has 1 aromatic heterocycles. The van der Waals surface area contributed by atoms with Crippen LogP contribution in [-0.4, -0.2) is 21.0 Å². The number of carboxylic acid groups (broad SMARTS) is 1. The Kier molecular flexibility index (Phi) is 3.65. The van der Waals surface area contributed by atoms with E-state index in [0.29, 0.717) is 0 Å². The first-order valence-electron chi connectivity index (χ1n) is 5.29. The standard InChI is InChI=1S/C12H9F2N3O2/c13-8-2-1-7(10(14)3-8)4-16-11-9(12(18)19)5-15-6-17-11/h1-3,5-6H,4H2,(H,18,19)(H,15,16,17). The summed E-state index contributed by atoms with van der Waals surface area (Å²) in [6.45, 7) is -0.0105. The Hall–Kier alpha value is -2.57. The lowest BCUT2D eigenvalue weighted by Crippen LogP contribution is -2.09. The van der Waals surface area contributed by atoms with Crippen molar-refractivity contribution >= 4 is 11.8 Å². The first-order chi connectivity index (χ1) is 9.08. The van der Waals surface area contributed by atoms with E-state index in [0.717, 1.165) is 18.3 Å². The van der Waals surface area contributed by atoms with E-state index >= 15 is 0 Å². The number of carboxylic acids is 1. The molecule has 0 aliphatic carbocycles. The normalized spacial score (nSPS) is 10.2. The van der Waals surface area contributed by atoms with E-state index in [1.54, 1.807) is 0 Å². The van der Waals surface area contributed by atoms with Gasteiger partial charge < -0.3 is 10.4 Å². The summed E-state index contributed by atoms with van der Waals surface area (Å²) in [7, 11) is 0. The summed E-state index contributed by atoms with van der Waals surface area (Å²) in [4.78, 5) is 18.3. The van der Waals surface area contributed by atoms with Crippen LogP contribution in [0.2, 0.25) is 0 Å². The monoisotopic (exact) mass is 265 g/mol. The lowest BCUT2D eigenvalue weighted by molar-refractivity contribution is 0.0697. The molecule has 2 aromatic rings. The molecule has 0 unspecified atom stereocenters. The minimum atomic E-state index is -1.19. The van der Waals surface area contributed by atoms with Gasteiger partial charge in [-0.25, -0.2) is 23.5 Å². The van der Waals surface area contributed by atoms with Crippen LogP contribution in [0, 0.1) is 11.6 Å². The lowest BCUT2D eigenvalue weighted by Gasteiger charge is -2.08. The molecule has 0 radical (unpaired) electrons. The summed E-state index contributed by atoms with van der Waals surface area (Å²) in [5, 5.41) is 11.6. The number of hydrogen-bond acceptors (Lipinski definition) is 4. The number of aromatic nitrogens is 2. The second kappa shape index (κ2) is 5.38. The molecule has 2 N–H and O–H groups in total. The summed E-state index contributed by atoms with van der Waals surface area (Å²) in [5.41, 5.74) is 0.0846. The van der Waals surface area contributed by atoms with Crippen LogP contribution >= 0.6 is 0 Å². The van der Waals surface area contributed by atoms with Crippen LogP contribution in [0.1, 0.15) is 15.9 Å². The van der Waals surface area contributed by atoms with Crippen molar-refractivity contribution in [1.82, 2.24) is 9.97 Å². The molecule has 1 aromatic carbocycles. The molecule has 0 saturated carbocycles. The van der Waals surface area contributed by atoms with Gasteiger partial charge in [-0.3, -0.25) is 0 Å². The van der Waals surface area contributed by atoms with Gasteiger partial charge in [0.2, 0.25) is 0 Å². The number of nitrogens with zero attached hydrogens (tertiary/aromatic N) is 2. The van der Waals surface area contributed by atoms with Crippen molar-refractivity contribution in [3.05, 3.63) is 53.5 Å². The van der Waals surface area contributed by atoms with Gasteiger partial charge in [0.1, 0.15) is 29.3 Å².